The summed E-state index contributed by atoms with van der Waals surface area (Å²) in [6, 6.07) is 8.05. The maximum absolute atomic E-state index is 13.3. The first-order chi connectivity index (χ1) is 12.3. The molecule has 0 bridgehead atoms. The lowest BCUT2D eigenvalue weighted by atomic mass is 10.0. The molecule has 0 aliphatic carbocycles. The van der Waals surface area contributed by atoms with Crippen molar-refractivity contribution < 1.29 is 18.0 Å². The van der Waals surface area contributed by atoms with Gasteiger partial charge in [-0.25, -0.2) is 4.98 Å². The van der Waals surface area contributed by atoms with Gasteiger partial charge in [0.1, 0.15) is 0 Å². The van der Waals surface area contributed by atoms with Gasteiger partial charge in [-0.3, -0.25) is 0 Å². The third-order valence-electron chi connectivity index (χ3n) is 4.40. The molecule has 1 aliphatic rings. The maximum atomic E-state index is 13.3. The fraction of sp³-hybridized carbons (Fsp3) is 0.353. The first kappa shape index (κ1) is 18.1. The van der Waals surface area contributed by atoms with Crippen molar-refractivity contribution in [3.63, 3.8) is 0 Å². The number of nitrogens with two attached hydrogens (primary N) is 1. The van der Waals surface area contributed by atoms with E-state index in [1.807, 2.05) is 11.9 Å². The van der Waals surface area contributed by atoms with Crippen molar-refractivity contribution in [2.24, 2.45) is 5.84 Å². The van der Waals surface area contributed by atoms with Crippen LogP contribution in [0.5, 0.6) is 0 Å². The van der Waals surface area contributed by atoms with E-state index < -0.39 is 11.7 Å². The molecule has 2 N–H and O–H groups in total. The van der Waals surface area contributed by atoms with Crippen LogP contribution in [0, 0.1) is 4.91 Å². The number of halogens is 3. The van der Waals surface area contributed by atoms with Crippen LogP contribution in [0.25, 0.3) is 11.3 Å². The topological polar surface area (TPSA) is 65.5 Å². The first-order valence-corrected chi connectivity index (χ1v) is 8.10. The number of hydrogen-bond acceptors (Lipinski definition) is 4. The highest BCUT2D eigenvalue weighted by Crippen LogP contribution is 2.38. The average Bonchev–Trinajstić information content (AvgIpc) is 2.61. The minimum Gasteiger partial charge on any atom is -0.348 e. The van der Waals surface area contributed by atoms with Crippen LogP contribution in [0.15, 0.2) is 36.4 Å². The van der Waals surface area contributed by atoms with Gasteiger partial charge < -0.3 is 9.80 Å². The lowest BCUT2D eigenvalue weighted by Crippen LogP contribution is -2.45. The molecule has 0 radical (unpaired) electrons. The molecule has 0 unspecified atom stereocenters. The SMILES string of the molecule is CN1CCN(c2nc(-c3ccccc3C(F)(F)F)ccc2[N+](N)=O)CC1. The number of rotatable bonds is 3. The largest absolute Gasteiger partial charge is 0.417 e. The quantitative estimate of drug-likeness (QED) is 0.514. The first-order valence-electron chi connectivity index (χ1n) is 8.10. The van der Waals surface area contributed by atoms with Gasteiger partial charge in [0.25, 0.3) is 0 Å². The Morgan fingerprint density at radius 3 is 2.35 bits per heavy atom. The average molecular weight is 366 g/mol. The van der Waals surface area contributed by atoms with Crippen molar-refractivity contribution in [3.05, 3.63) is 46.9 Å². The molecule has 3 rings (SSSR count). The molecule has 6 nitrogen and oxygen atoms in total. The van der Waals surface area contributed by atoms with Gasteiger partial charge in [-0.15, -0.1) is 0 Å². The molecule has 2 heterocycles. The molecule has 9 heteroatoms. The number of aromatic nitrogens is 1. The highest BCUT2D eigenvalue weighted by molar-refractivity contribution is 5.70. The fourth-order valence-electron chi connectivity index (χ4n) is 2.97. The summed E-state index contributed by atoms with van der Waals surface area (Å²) in [6.45, 7) is 2.73. The third kappa shape index (κ3) is 3.62. The van der Waals surface area contributed by atoms with Crippen molar-refractivity contribution in [2.75, 3.05) is 38.1 Å². The molecule has 138 valence electrons. The van der Waals surface area contributed by atoms with Crippen molar-refractivity contribution in [2.45, 2.75) is 6.18 Å². The normalized spacial score (nSPS) is 15.9. The van der Waals surface area contributed by atoms with E-state index >= 15 is 0 Å². The zero-order valence-corrected chi connectivity index (χ0v) is 14.2. The Kier molecular flexibility index (Phi) is 4.82. The standard InChI is InChI=1S/C17H19F3N5O/c1-23-8-10-24(11-9-23)16-15(25(21)26)7-6-14(22-16)12-4-2-3-5-13(12)17(18,19)20/h2-7H,8-11H2,1H3,(H2,21,26)/q+1. The number of anilines is 1. The summed E-state index contributed by atoms with van der Waals surface area (Å²) in [5.74, 6) is 5.65. The molecule has 1 saturated heterocycles. The smallest absolute Gasteiger partial charge is 0.348 e. The minimum absolute atomic E-state index is 0.0311. The summed E-state index contributed by atoms with van der Waals surface area (Å²) in [7, 11) is 1.98. The minimum atomic E-state index is -4.50. The molecule has 0 spiro atoms. The summed E-state index contributed by atoms with van der Waals surface area (Å²) in [4.78, 5) is 20.2. The lowest BCUT2D eigenvalue weighted by molar-refractivity contribution is -0.474. The Labute approximate surface area is 148 Å². The molecular weight excluding hydrogens is 347 g/mol. The van der Waals surface area contributed by atoms with Crippen LogP contribution < -0.4 is 10.7 Å². The van der Waals surface area contributed by atoms with E-state index in [0.29, 0.717) is 18.9 Å². The van der Waals surface area contributed by atoms with E-state index in [2.05, 4.69) is 9.88 Å². The monoisotopic (exact) mass is 366 g/mol. The van der Waals surface area contributed by atoms with Gasteiger partial charge in [0.15, 0.2) is 4.87 Å². The number of benzene rings is 1. The van der Waals surface area contributed by atoms with Crippen LogP contribution in [0.1, 0.15) is 5.56 Å². The van der Waals surface area contributed by atoms with Gasteiger partial charge in [0.05, 0.1) is 16.2 Å². The van der Waals surface area contributed by atoms with Gasteiger partial charge in [-0.1, -0.05) is 18.2 Å². The van der Waals surface area contributed by atoms with Crippen LogP contribution in [-0.2, 0) is 6.18 Å². The number of pyridine rings is 1. The molecule has 1 fully saturated rings. The van der Waals surface area contributed by atoms with Crippen molar-refractivity contribution in [1.29, 1.82) is 0 Å². The fourth-order valence-corrected chi connectivity index (χ4v) is 2.97. The molecule has 1 aromatic heterocycles. The highest BCUT2D eigenvalue weighted by Gasteiger charge is 2.34. The van der Waals surface area contributed by atoms with E-state index in [4.69, 9.17) is 5.84 Å². The summed E-state index contributed by atoms with van der Waals surface area (Å²) >= 11 is 0. The molecular formula is C17H19F3N5O+. The van der Waals surface area contributed by atoms with Crippen LogP contribution in [0.3, 0.4) is 0 Å². The Hall–Kier alpha value is -2.68. The number of alkyl halides is 3. The second kappa shape index (κ2) is 6.91. The molecule has 1 aliphatic heterocycles. The predicted octanol–water partition coefficient (Wildman–Crippen LogP) is 2.80. The Morgan fingerprint density at radius 1 is 1.08 bits per heavy atom. The van der Waals surface area contributed by atoms with Gasteiger partial charge in [0.2, 0.25) is 5.82 Å². The molecule has 2 aromatic rings. The summed E-state index contributed by atoms with van der Waals surface area (Å²) in [6.07, 6.45) is -4.50. The number of hydrazine groups is 1. The predicted molar refractivity (Wildman–Crippen MR) is 91.9 cm³/mol. The summed E-state index contributed by atoms with van der Waals surface area (Å²) in [5, 5.41) is 0. The zero-order valence-electron chi connectivity index (χ0n) is 14.2. The second-order valence-electron chi connectivity index (χ2n) is 6.20. The number of nitroso groups, excluding NO2 is 1. The van der Waals surface area contributed by atoms with Gasteiger partial charge in [0, 0.05) is 37.8 Å². The Morgan fingerprint density at radius 2 is 1.73 bits per heavy atom. The van der Waals surface area contributed by atoms with Crippen LogP contribution in [-0.4, -0.2) is 48.0 Å². The third-order valence-corrected chi connectivity index (χ3v) is 4.40. The van der Waals surface area contributed by atoms with Crippen LogP contribution in [0.4, 0.5) is 24.7 Å². The van der Waals surface area contributed by atoms with Crippen molar-refractivity contribution in [1.82, 2.24) is 9.88 Å². The van der Waals surface area contributed by atoms with E-state index in [9.17, 15) is 18.1 Å². The maximum Gasteiger partial charge on any atom is 0.417 e. The molecule has 26 heavy (non-hydrogen) atoms. The highest BCUT2D eigenvalue weighted by atomic mass is 19.4. The molecule has 0 amide bonds. The zero-order chi connectivity index (χ0) is 18.9. The number of likely N-dealkylation sites (N-methyl/N-ethyl adjacent to an activating group) is 1. The van der Waals surface area contributed by atoms with E-state index in [-0.39, 0.29) is 21.8 Å². The van der Waals surface area contributed by atoms with Crippen molar-refractivity contribution in [3.8, 4) is 11.3 Å². The Balaban J connectivity index is 2.08. The molecule has 0 saturated carbocycles. The van der Waals surface area contributed by atoms with E-state index in [1.54, 1.807) is 0 Å². The number of piperazine rings is 1. The van der Waals surface area contributed by atoms with Crippen LogP contribution in [0.2, 0.25) is 0 Å². The second-order valence-corrected chi connectivity index (χ2v) is 6.20. The summed E-state index contributed by atoms with van der Waals surface area (Å²) < 4.78 is 40.0. The number of nitrogens with zero attached hydrogens (tertiary/aromatic N) is 4. The number of hydrogen-bond donors (Lipinski definition) is 1. The molecule has 1 aromatic carbocycles. The van der Waals surface area contributed by atoms with Gasteiger partial charge in [-0.2, -0.15) is 19.0 Å². The van der Waals surface area contributed by atoms with Crippen molar-refractivity contribution >= 4 is 11.5 Å². The summed E-state index contributed by atoms with van der Waals surface area (Å²) in [5.41, 5.74) is -0.520. The molecule has 0 atom stereocenters. The van der Waals surface area contributed by atoms with Crippen LogP contribution >= 0.6 is 0 Å². The lowest BCUT2D eigenvalue weighted by Gasteiger charge is -2.32. The van der Waals surface area contributed by atoms with Gasteiger partial charge >= 0.3 is 11.9 Å². The van der Waals surface area contributed by atoms with E-state index in [1.165, 1.54) is 30.3 Å². The Bertz CT molecular complexity index is 816. The van der Waals surface area contributed by atoms with Gasteiger partial charge in [-0.05, 0) is 19.2 Å². The van der Waals surface area contributed by atoms with E-state index in [0.717, 1.165) is 19.2 Å².